The topological polar surface area (TPSA) is 48.1 Å². The highest BCUT2D eigenvalue weighted by atomic mass is 16.1. The first-order valence-electron chi connectivity index (χ1n) is 10.1. The maximum atomic E-state index is 12.0. The van der Waals surface area contributed by atoms with Crippen LogP contribution in [0.1, 0.15) is 29.5 Å². The number of carbonyl (C=O) groups is 1. The molecule has 0 bridgehead atoms. The quantitative estimate of drug-likeness (QED) is 0.483. The molecule has 144 valence electrons. The Morgan fingerprint density at radius 3 is 2.93 bits per heavy atom. The summed E-state index contributed by atoms with van der Waals surface area (Å²) >= 11 is 0. The number of aromatic amines is 1. The Hall–Kier alpha value is -2.85. The number of hydrogen-bond donors (Lipinski definition) is 2. The molecule has 1 aromatic heterocycles. The van der Waals surface area contributed by atoms with Crippen molar-refractivity contribution < 1.29 is 4.79 Å². The first-order valence-corrected chi connectivity index (χ1v) is 10.1. The van der Waals surface area contributed by atoms with Gasteiger partial charge >= 0.3 is 0 Å². The van der Waals surface area contributed by atoms with Gasteiger partial charge in [0.1, 0.15) is 0 Å². The Labute approximate surface area is 166 Å². The normalized spacial score (nSPS) is 14.4. The lowest BCUT2D eigenvalue weighted by atomic mass is 10.00. The van der Waals surface area contributed by atoms with Crippen molar-refractivity contribution in [3.8, 4) is 0 Å². The predicted octanol–water partition coefficient (Wildman–Crippen LogP) is 4.14. The van der Waals surface area contributed by atoms with Crippen LogP contribution in [-0.4, -0.2) is 35.4 Å². The van der Waals surface area contributed by atoms with E-state index in [0.717, 1.165) is 61.9 Å². The van der Waals surface area contributed by atoms with Gasteiger partial charge in [0.25, 0.3) is 0 Å². The Morgan fingerprint density at radius 2 is 2.00 bits per heavy atom. The minimum Gasteiger partial charge on any atom is -0.361 e. The van der Waals surface area contributed by atoms with Crippen LogP contribution in [0.25, 0.3) is 17.0 Å². The minimum absolute atomic E-state index is 0.0268. The van der Waals surface area contributed by atoms with Gasteiger partial charge in [0.05, 0.1) is 0 Å². The van der Waals surface area contributed by atoms with Crippen LogP contribution >= 0.6 is 0 Å². The molecule has 4 rings (SSSR count). The smallest absolute Gasteiger partial charge is 0.243 e. The molecule has 0 aliphatic carbocycles. The average molecular weight is 374 g/mol. The number of carbonyl (C=O) groups excluding carboxylic acids is 1. The standard InChI is InChI=1S/C24H27N3O/c28-24(10-8-19-7-9-23-21(17-19)11-14-25-23)26-13-3-4-15-27-16-12-20-5-1-2-6-22(20)18-27/h1-2,5-11,14,17,25H,3-4,12-13,15-16,18H2,(H,26,28)/b10-8+. The second-order valence-electron chi connectivity index (χ2n) is 7.45. The van der Waals surface area contributed by atoms with Gasteiger partial charge in [-0.25, -0.2) is 0 Å². The number of benzene rings is 2. The largest absolute Gasteiger partial charge is 0.361 e. The first-order chi connectivity index (χ1) is 13.8. The average Bonchev–Trinajstić information content (AvgIpc) is 3.20. The van der Waals surface area contributed by atoms with E-state index in [9.17, 15) is 4.79 Å². The van der Waals surface area contributed by atoms with Gasteiger partial charge < -0.3 is 10.3 Å². The second-order valence-corrected chi connectivity index (χ2v) is 7.45. The molecule has 4 heteroatoms. The van der Waals surface area contributed by atoms with Gasteiger partial charge in [0.2, 0.25) is 5.91 Å². The van der Waals surface area contributed by atoms with E-state index in [4.69, 9.17) is 0 Å². The highest BCUT2D eigenvalue weighted by Crippen LogP contribution is 2.18. The molecule has 28 heavy (non-hydrogen) atoms. The molecule has 0 fully saturated rings. The lowest BCUT2D eigenvalue weighted by molar-refractivity contribution is -0.116. The molecule has 0 saturated heterocycles. The zero-order chi connectivity index (χ0) is 19.2. The van der Waals surface area contributed by atoms with Crippen molar-refractivity contribution in [1.82, 2.24) is 15.2 Å². The fourth-order valence-electron chi connectivity index (χ4n) is 3.82. The van der Waals surface area contributed by atoms with Crippen molar-refractivity contribution in [1.29, 1.82) is 0 Å². The van der Waals surface area contributed by atoms with E-state index in [1.54, 1.807) is 6.08 Å². The summed E-state index contributed by atoms with van der Waals surface area (Å²) in [4.78, 5) is 17.7. The van der Waals surface area contributed by atoms with Gasteiger partial charge in [-0.1, -0.05) is 30.3 Å². The molecule has 3 aromatic rings. The molecule has 0 radical (unpaired) electrons. The Bertz CT molecular complexity index is 973. The summed E-state index contributed by atoms with van der Waals surface area (Å²) in [5.41, 5.74) is 5.10. The van der Waals surface area contributed by atoms with Crippen LogP contribution in [0.2, 0.25) is 0 Å². The highest BCUT2D eigenvalue weighted by molar-refractivity contribution is 5.92. The molecule has 4 nitrogen and oxygen atoms in total. The zero-order valence-electron chi connectivity index (χ0n) is 16.2. The van der Waals surface area contributed by atoms with Crippen LogP contribution in [0.4, 0.5) is 0 Å². The highest BCUT2D eigenvalue weighted by Gasteiger charge is 2.14. The Balaban J connectivity index is 1.15. The molecule has 0 spiro atoms. The fraction of sp³-hybridized carbons (Fsp3) is 0.292. The van der Waals surface area contributed by atoms with Gasteiger partial charge in [-0.3, -0.25) is 9.69 Å². The zero-order valence-corrected chi connectivity index (χ0v) is 16.2. The van der Waals surface area contributed by atoms with Crippen molar-refractivity contribution >= 4 is 22.9 Å². The van der Waals surface area contributed by atoms with Crippen molar-refractivity contribution in [2.45, 2.75) is 25.8 Å². The number of amides is 1. The van der Waals surface area contributed by atoms with E-state index < -0.39 is 0 Å². The monoisotopic (exact) mass is 373 g/mol. The van der Waals surface area contributed by atoms with Gasteiger partial charge in [0.15, 0.2) is 0 Å². The SMILES string of the molecule is O=C(/C=C/c1ccc2[nH]ccc2c1)NCCCCN1CCc2ccccc2C1. The first kappa shape index (κ1) is 18.5. The van der Waals surface area contributed by atoms with Crippen molar-refractivity contribution in [2.24, 2.45) is 0 Å². The summed E-state index contributed by atoms with van der Waals surface area (Å²) in [5.74, 6) is -0.0268. The molecule has 2 N–H and O–H groups in total. The van der Waals surface area contributed by atoms with E-state index in [0.29, 0.717) is 0 Å². The number of rotatable bonds is 7. The summed E-state index contributed by atoms with van der Waals surface area (Å²) in [6.45, 7) is 4.01. The third-order valence-corrected chi connectivity index (χ3v) is 5.41. The van der Waals surface area contributed by atoms with Crippen molar-refractivity contribution in [2.75, 3.05) is 19.6 Å². The number of H-pyrrole nitrogens is 1. The molecule has 0 unspecified atom stereocenters. The van der Waals surface area contributed by atoms with E-state index in [1.165, 1.54) is 11.1 Å². The number of unbranched alkanes of at least 4 members (excludes halogenated alkanes) is 1. The number of hydrogen-bond acceptors (Lipinski definition) is 2. The number of nitrogens with one attached hydrogen (secondary N) is 2. The van der Waals surface area contributed by atoms with E-state index >= 15 is 0 Å². The molecular weight excluding hydrogens is 346 g/mol. The van der Waals surface area contributed by atoms with Crippen LogP contribution in [0.3, 0.4) is 0 Å². The minimum atomic E-state index is -0.0268. The Kier molecular flexibility index (Phi) is 5.88. The summed E-state index contributed by atoms with van der Waals surface area (Å²) in [6.07, 6.45) is 8.67. The molecule has 1 amide bonds. The van der Waals surface area contributed by atoms with Gasteiger partial charge in [-0.05, 0) is 72.2 Å². The predicted molar refractivity (Wildman–Crippen MR) is 115 cm³/mol. The number of nitrogens with zero attached hydrogens (tertiary/aromatic N) is 1. The van der Waals surface area contributed by atoms with Gasteiger partial charge in [-0.15, -0.1) is 0 Å². The number of fused-ring (bicyclic) bond motifs is 2. The molecule has 1 aliphatic heterocycles. The molecule has 1 aliphatic rings. The number of aromatic nitrogens is 1. The third kappa shape index (κ3) is 4.70. The van der Waals surface area contributed by atoms with Crippen LogP contribution in [0, 0.1) is 0 Å². The van der Waals surface area contributed by atoms with Crippen LogP contribution in [0.5, 0.6) is 0 Å². The lowest BCUT2D eigenvalue weighted by Crippen LogP contribution is -2.31. The van der Waals surface area contributed by atoms with Crippen molar-refractivity contribution in [3.63, 3.8) is 0 Å². The Morgan fingerprint density at radius 1 is 1.11 bits per heavy atom. The molecule has 0 atom stereocenters. The second kappa shape index (κ2) is 8.89. The maximum absolute atomic E-state index is 12.0. The van der Waals surface area contributed by atoms with Crippen molar-refractivity contribution in [3.05, 3.63) is 77.5 Å². The van der Waals surface area contributed by atoms with E-state index in [1.807, 2.05) is 30.5 Å². The van der Waals surface area contributed by atoms with Crippen LogP contribution in [-0.2, 0) is 17.8 Å². The lowest BCUT2D eigenvalue weighted by Gasteiger charge is -2.28. The maximum Gasteiger partial charge on any atom is 0.243 e. The van der Waals surface area contributed by atoms with Gasteiger partial charge in [0, 0.05) is 37.4 Å². The molecule has 2 heterocycles. The fourth-order valence-corrected chi connectivity index (χ4v) is 3.82. The summed E-state index contributed by atoms with van der Waals surface area (Å²) in [7, 11) is 0. The summed E-state index contributed by atoms with van der Waals surface area (Å²) in [6, 6.07) is 16.9. The molecule has 2 aromatic carbocycles. The van der Waals surface area contributed by atoms with Crippen LogP contribution < -0.4 is 5.32 Å². The third-order valence-electron chi connectivity index (χ3n) is 5.41. The van der Waals surface area contributed by atoms with E-state index in [2.05, 4.69) is 45.5 Å². The summed E-state index contributed by atoms with van der Waals surface area (Å²) in [5, 5.41) is 4.14. The molecule has 0 saturated carbocycles. The van der Waals surface area contributed by atoms with Crippen LogP contribution in [0.15, 0.2) is 60.8 Å². The van der Waals surface area contributed by atoms with E-state index in [-0.39, 0.29) is 5.91 Å². The summed E-state index contributed by atoms with van der Waals surface area (Å²) < 4.78 is 0. The molecular formula is C24H27N3O. The van der Waals surface area contributed by atoms with Gasteiger partial charge in [-0.2, -0.15) is 0 Å².